The number of nitrogens with two attached hydrogens (primary N) is 2. The van der Waals surface area contributed by atoms with Crippen molar-refractivity contribution in [3.63, 3.8) is 0 Å². The van der Waals surface area contributed by atoms with Crippen LogP contribution >= 0.6 is 0 Å². The molecule has 0 aliphatic rings. The van der Waals surface area contributed by atoms with E-state index in [0.717, 1.165) is 0 Å². The Bertz CT molecular complexity index is 1160. The summed E-state index contributed by atoms with van der Waals surface area (Å²) in [5.41, 5.74) is 10.5. The van der Waals surface area contributed by atoms with Crippen LogP contribution in [0.4, 0.5) is 0 Å². The molecule has 0 spiro atoms. The highest BCUT2D eigenvalue weighted by Crippen LogP contribution is 2.16. The Kier molecular flexibility index (Phi) is 28.6. The largest absolute Gasteiger partial charge is 0.393 e. The molecule has 0 aromatic heterocycles. The van der Waals surface area contributed by atoms with Gasteiger partial charge in [0.25, 0.3) is 0 Å². The zero-order valence-corrected chi connectivity index (χ0v) is 31.1. The number of ketones is 1. The van der Waals surface area contributed by atoms with Gasteiger partial charge in [-0.2, -0.15) is 0 Å². The van der Waals surface area contributed by atoms with Crippen molar-refractivity contribution in [3.05, 3.63) is 73.4 Å². The lowest BCUT2D eigenvalue weighted by atomic mass is 9.92. The van der Waals surface area contributed by atoms with Gasteiger partial charge in [0.05, 0.1) is 61.0 Å². The highest BCUT2D eigenvalue weighted by atomic mass is 16.3. The standard InChI is InChI=1S/C39H67N3O11/c1-3-4-5-6-7-19-37(52)27(2)38(53)26-36(51)25-33(48)17-10-16-32(47)24-35(50)23-31(46)15-9-14-29(44)21-28(43)12-8-13-30(45)22-34(49)18-11-20-42-39(40)41/h3-10,12,15,17,27-37,43-52H,1,11,13-14,16,18-26H2,2H3,(H4,40,41,42). The van der Waals surface area contributed by atoms with Gasteiger partial charge in [-0.15, -0.1) is 0 Å². The summed E-state index contributed by atoms with van der Waals surface area (Å²) >= 11 is 0. The minimum Gasteiger partial charge on any atom is -0.393 e. The van der Waals surface area contributed by atoms with Gasteiger partial charge in [0, 0.05) is 38.1 Å². The van der Waals surface area contributed by atoms with Crippen LogP contribution in [0.1, 0.15) is 84.0 Å². The molecule has 0 fully saturated rings. The molecule has 0 saturated heterocycles. The zero-order chi connectivity index (χ0) is 40.2. The van der Waals surface area contributed by atoms with Gasteiger partial charge in [-0.05, 0) is 51.4 Å². The first-order valence-corrected chi connectivity index (χ1v) is 18.4. The van der Waals surface area contributed by atoms with Gasteiger partial charge in [0.1, 0.15) is 5.78 Å². The molecule has 0 aliphatic carbocycles. The Morgan fingerprint density at radius 3 is 1.58 bits per heavy atom. The van der Waals surface area contributed by atoms with Crippen LogP contribution in [-0.4, -0.2) is 130 Å². The number of guanidine groups is 1. The third-order valence-corrected chi connectivity index (χ3v) is 8.31. The second kappa shape index (κ2) is 30.3. The van der Waals surface area contributed by atoms with Crippen molar-refractivity contribution in [2.45, 2.75) is 145 Å². The van der Waals surface area contributed by atoms with Gasteiger partial charge < -0.3 is 62.5 Å². The fraction of sp³-hybridized carbons (Fsp3) is 0.641. The molecule has 0 heterocycles. The highest BCUT2D eigenvalue weighted by Gasteiger charge is 2.24. The summed E-state index contributed by atoms with van der Waals surface area (Å²) in [4.78, 5) is 16.3. The first-order chi connectivity index (χ1) is 25.0. The molecule has 11 atom stereocenters. The van der Waals surface area contributed by atoms with Crippen LogP contribution in [0, 0.1) is 5.92 Å². The minimum absolute atomic E-state index is 0.0158. The average molecular weight is 754 g/mol. The molecule has 0 amide bonds. The third kappa shape index (κ3) is 29.1. The lowest BCUT2D eigenvalue weighted by molar-refractivity contribution is -0.127. The normalized spacial score (nSPS) is 18.9. The molecule has 304 valence electrons. The quantitative estimate of drug-likeness (QED) is 0.0153. The van der Waals surface area contributed by atoms with E-state index in [-0.39, 0.29) is 76.0 Å². The lowest BCUT2D eigenvalue weighted by Gasteiger charge is -2.19. The van der Waals surface area contributed by atoms with Crippen LogP contribution in [-0.2, 0) is 4.79 Å². The van der Waals surface area contributed by atoms with Gasteiger partial charge in [-0.25, -0.2) is 0 Å². The molecule has 0 radical (unpaired) electrons. The van der Waals surface area contributed by atoms with Crippen molar-refractivity contribution in [3.8, 4) is 0 Å². The summed E-state index contributed by atoms with van der Waals surface area (Å²) in [5.74, 6) is -1.03. The van der Waals surface area contributed by atoms with E-state index in [1.165, 1.54) is 30.4 Å². The fourth-order valence-electron chi connectivity index (χ4n) is 5.28. The van der Waals surface area contributed by atoms with Crippen molar-refractivity contribution >= 4 is 11.7 Å². The number of nitrogens with zero attached hydrogens (tertiary/aromatic N) is 1. The van der Waals surface area contributed by atoms with Crippen LogP contribution in [0.5, 0.6) is 0 Å². The summed E-state index contributed by atoms with van der Waals surface area (Å²) in [6.45, 7) is 5.53. The van der Waals surface area contributed by atoms with Crippen molar-refractivity contribution < 1.29 is 55.9 Å². The molecular weight excluding hydrogens is 686 g/mol. The first kappa shape index (κ1) is 50.0. The van der Waals surface area contributed by atoms with Crippen molar-refractivity contribution in [2.75, 3.05) is 6.54 Å². The number of hydrogen-bond acceptors (Lipinski definition) is 12. The summed E-state index contributed by atoms with van der Waals surface area (Å²) in [6.07, 6.45) is 9.35. The molecular formula is C39H67N3O11. The van der Waals surface area contributed by atoms with E-state index in [0.29, 0.717) is 19.4 Å². The van der Waals surface area contributed by atoms with Crippen molar-refractivity contribution in [1.82, 2.24) is 0 Å². The van der Waals surface area contributed by atoms with E-state index in [2.05, 4.69) is 11.6 Å². The Hall–Kier alpha value is -3.02. The van der Waals surface area contributed by atoms with Crippen LogP contribution in [0.2, 0.25) is 0 Å². The van der Waals surface area contributed by atoms with E-state index in [1.54, 1.807) is 43.4 Å². The van der Waals surface area contributed by atoms with Crippen LogP contribution in [0.15, 0.2) is 78.4 Å². The SMILES string of the molecule is C=CC=CC=CCC(O)C(C)C(=O)CC(O)CC(O)C=CCC(O)CC(O)CC(O)C=CCC(O)CC(O)C=CCC(O)CC(O)CCCN=C(N)N. The Morgan fingerprint density at radius 1 is 0.604 bits per heavy atom. The molecule has 0 saturated carbocycles. The molecule has 0 aromatic carbocycles. The average Bonchev–Trinajstić information content (AvgIpc) is 3.05. The molecule has 0 aromatic rings. The molecule has 0 rings (SSSR count). The number of allylic oxidation sites excluding steroid dienone is 4. The number of aliphatic hydroxyl groups is 10. The zero-order valence-electron chi connectivity index (χ0n) is 31.1. The minimum atomic E-state index is -1.12. The van der Waals surface area contributed by atoms with Crippen molar-refractivity contribution in [1.29, 1.82) is 0 Å². The predicted molar refractivity (Wildman–Crippen MR) is 206 cm³/mol. The van der Waals surface area contributed by atoms with E-state index in [9.17, 15) is 55.9 Å². The summed E-state index contributed by atoms with van der Waals surface area (Å²) in [5, 5.41) is 102. The molecule has 0 aliphatic heterocycles. The van der Waals surface area contributed by atoms with E-state index in [1.807, 2.05) is 0 Å². The van der Waals surface area contributed by atoms with Crippen LogP contribution < -0.4 is 11.5 Å². The van der Waals surface area contributed by atoms with Gasteiger partial charge in [-0.3, -0.25) is 9.79 Å². The van der Waals surface area contributed by atoms with E-state index >= 15 is 0 Å². The summed E-state index contributed by atoms with van der Waals surface area (Å²) in [6, 6.07) is 0. The maximum absolute atomic E-state index is 12.4. The molecule has 14 N–H and O–H groups in total. The molecule has 14 nitrogen and oxygen atoms in total. The summed E-state index contributed by atoms with van der Waals surface area (Å²) in [7, 11) is 0. The maximum atomic E-state index is 12.4. The third-order valence-electron chi connectivity index (χ3n) is 8.31. The Balaban J connectivity index is 4.35. The van der Waals surface area contributed by atoms with Gasteiger partial charge in [0.2, 0.25) is 0 Å². The fourth-order valence-corrected chi connectivity index (χ4v) is 5.28. The number of carbonyl (C=O) groups excluding carboxylic acids is 1. The summed E-state index contributed by atoms with van der Waals surface area (Å²) < 4.78 is 0. The van der Waals surface area contributed by atoms with E-state index < -0.39 is 67.0 Å². The first-order valence-electron chi connectivity index (χ1n) is 18.4. The van der Waals surface area contributed by atoms with E-state index in [4.69, 9.17) is 11.5 Å². The van der Waals surface area contributed by atoms with Gasteiger partial charge >= 0.3 is 0 Å². The number of carbonyl (C=O) groups is 1. The second-order valence-corrected chi connectivity index (χ2v) is 13.6. The topological polar surface area (TPSA) is 284 Å². The maximum Gasteiger partial charge on any atom is 0.185 e. The Labute approximate surface area is 314 Å². The molecule has 14 heteroatoms. The molecule has 11 unspecified atom stereocenters. The predicted octanol–water partition coefficient (Wildman–Crippen LogP) is 0.722. The van der Waals surface area contributed by atoms with Crippen LogP contribution in [0.3, 0.4) is 0 Å². The number of Topliss-reactive ketones (excluding diaryl/α,β-unsaturated/α-hetero) is 1. The number of aliphatic imine (C=N–C) groups is 1. The smallest absolute Gasteiger partial charge is 0.185 e. The van der Waals surface area contributed by atoms with Gasteiger partial charge in [0.15, 0.2) is 5.96 Å². The number of rotatable bonds is 31. The monoisotopic (exact) mass is 753 g/mol. The Morgan fingerprint density at radius 2 is 1.08 bits per heavy atom. The molecule has 53 heavy (non-hydrogen) atoms. The second-order valence-electron chi connectivity index (χ2n) is 13.6. The van der Waals surface area contributed by atoms with Gasteiger partial charge in [-0.1, -0.05) is 80.3 Å². The number of aliphatic hydroxyl groups excluding tert-OH is 10. The lowest BCUT2D eigenvalue weighted by Crippen LogP contribution is -2.29. The molecule has 0 bridgehead atoms. The highest BCUT2D eigenvalue weighted by molar-refractivity contribution is 5.81. The van der Waals surface area contributed by atoms with Crippen molar-refractivity contribution in [2.24, 2.45) is 22.4 Å². The van der Waals surface area contributed by atoms with Crippen LogP contribution in [0.25, 0.3) is 0 Å². The number of hydrogen-bond donors (Lipinski definition) is 12.